The second kappa shape index (κ2) is 8.39. The molecule has 2 atom stereocenters. The molecule has 24 heavy (non-hydrogen) atoms. The van der Waals surface area contributed by atoms with Crippen LogP contribution in [0.15, 0.2) is 47.4 Å². The zero-order valence-electron chi connectivity index (χ0n) is 15.2. The highest BCUT2D eigenvalue weighted by Crippen LogP contribution is 2.26. The van der Waals surface area contributed by atoms with E-state index < -0.39 is 0 Å². The van der Waals surface area contributed by atoms with Crippen molar-refractivity contribution in [3.05, 3.63) is 64.7 Å². The molecule has 2 rings (SSSR count). The van der Waals surface area contributed by atoms with Gasteiger partial charge in [-0.15, -0.1) is 11.8 Å². The van der Waals surface area contributed by atoms with Gasteiger partial charge in [0, 0.05) is 4.90 Å². The van der Waals surface area contributed by atoms with Gasteiger partial charge in [-0.25, -0.2) is 0 Å². The van der Waals surface area contributed by atoms with Crippen LogP contribution in [0.1, 0.15) is 48.6 Å². The van der Waals surface area contributed by atoms with E-state index >= 15 is 0 Å². The first-order valence-electron chi connectivity index (χ1n) is 8.51. The standard InChI is InChI=1S/C21H27NOS/c1-6-20(19-12-9-15(3)13-16(19)4)22-21(23)17(5)24-18-10-7-14(2)8-11-18/h7-13,17,20H,6H2,1-5H3,(H,22,23)/t17-,20-/m1/s1. The fourth-order valence-electron chi connectivity index (χ4n) is 2.78. The summed E-state index contributed by atoms with van der Waals surface area (Å²) in [6, 6.07) is 14.8. The summed E-state index contributed by atoms with van der Waals surface area (Å²) in [5.74, 6) is 0.0902. The molecule has 1 N–H and O–H groups in total. The van der Waals surface area contributed by atoms with Gasteiger partial charge in [-0.3, -0.25) is 4.79 Å². The smallest absolute Gasteiger partial charge is 0.233 e. The van der Waals surface area contributed by atoms with Crippen LogP contribution in [-0.2, 0) is 4.79 Å². The van der Waals surface area contributed by atoms with Gasteiger partial charge >= 0.3 is 0 Å². The van der Waals surface area contributed by atoms with Crippen molar-refractivity contribution < 1.29 is 4.79 Å². The van der Waals surface area contributed by atoms with Crippen LogP contribution in [-0.4, -0.2) is 11.2 Å². The van der Waals surface area contributed by atoms with Gasteiger partial charge < -0.3 is 5.32 Å². The summed E-state index contributed by atoms with van der Waals surface area (Å²) in [7, 11) is 0. The first-order valence-corrected chi connectivity index (χ1v) is 9.39. The quantitative estimate of drug-likeness (QED) is 0.717. The average molecular weight is 342 g/mol. The van der Waals surface area contributed by atoms with E-state index in [-0.39, 0.29) is 17.2 Å². The maximum absolute atomic E-state index is 12.6. The predicted octanol–water partition coefficient (Wildman–Crippen LogP) is 5.36. The van der Waals surface area contributed by atoms with Crippen LogP contribution in [0.4, 0.5) is 0 Å². The molecule has 0 bridgehead atoms. The van der Waals surface area contributed by atoms with Crippen LogP contribution in [0.25, 0.3) is 0 Å². The summed E-state index contributed by atoms with van der Waals surface area (Å²) in [6.07, 6.45) is 0.886. The summed E-state index contributed by atoms with van der Waals surface area (Å²) < 4.78 is 0. The van der Waals surface area contributed by atoms with Gasteiger partial charge in [0.25, 0.3) is 0 Å². The Morgan fingerprint density at radius 1 is 1.04 bits per heavy atom. The van der Waals surface area contributed by atoms with Crippen molar-refractivity contribution in [2.24, 2.45) is 0 Å². The van der Waals surface area contributed by atoms with Crippen LogP contribution < -0.4 is 5.32 Å². The minimum atomic E-state index is -0.118. The molecule has 0 radical (unpaired) electrons. The lowest BCUT2D eigenvalue weighted by molar-refractivity contribution is -0.121. The van der Waals surface area contributed by atoms with Crippen molar-refractivity contribution in [3.63, 3.8) is 0 Å². The molecule has 2 aromatic carbocycles. The number of hydrogen-bond acceptors (Lipinski definition) is 2. The Bertz CT molecular complexity index is 693. The van der Waals surface area contributed by atoms with E-state index in [1.54, 1.807) is 11.8 Å². The van der Waals surface area contributed by atoms with Gasteiger partial charge in [0.15, 0.2) is 0 Å². The molecule has 0 saturated carbocycles. The summed E-state index contributed by atoms with van der Waals surface area (Å²) in [6.45, 7) is 10.4. The molecule has 3 heteroatoms. The molecular formula is C21H27NOS. The molecule has 0 aromatic heterocycles. The maximum Gasteiger partial charge on any atom is 0.233 e. The number of thioether (sulfide) groups is 1. The molecule has 0 fully saturated rings. The number of amides is 1. The van der Waals surface area contributed by atoms with E-state index in [1.165, 1.54) is 22.3 Å². The second-order valence-electron chi connectivity index (χ2n) is 6.40. The molecule has 0 aliphatic carbocycles. The fourth-order valence-corrected chi connectivity index (χ4v) is 3.66. The van der Waals surface area contributed by atoms with E-state index in [2.05, 4.69) is 75.5 Å². The fraction of sp³-hybridized carbons (Fsp3) is 0.381. The van der Waals surface area contributed by atoms with Crippen LogP contribution in [0.3, 0.4) is 0 Å². The van der Waals surface area contributed by atoms with Gasteiger partial charge in [-0.1, -0.05) is 48.4 Å². The SMILES string of the molecule is CC[C@@H](NC(=O)[C@@H](C)Sc1ccc(C)cc1)c1ccc(C)cc1C. The number of carbonyl (C=O) groups excluding carboxylic acids is 1. The normalized spacial score (nSPS) is 13.4. The Morgan fingerprint density at radius 2 is 1.67 bits per heavy atom. The highest BCUT2D eigenvalue weighted by Gasteiger charge is 2.20. The van der Waals surface area contributed by atoms with Crippen molar-refractivity contribution >= 4 is 17.7 Å². The molecule has 1 amide bonds. The van der Waals surface area contributed by atoms with E-state index in [9.17, 15) is 4.79 Å². The number of nitrogens with one attached hydrogen (secondary N) is 1. The van der Waals surface area contributed by atoms with Gasteiger partial charge in [-0.05, 0) is 57.4 Å². The number of benzene rings is 2. The lowest BCUT2D eigenvalue weighted by Crippen LogP contribution is -2.34. The van der Waals surface area contributed by atoms with Gasteiger partial charge in [-0.2, -0.15) is 0 Å². The minimum Gasteiger partial charge on any atom is -0.348 e. The number of carbonyl (C=O) groups is 1. The largest absolute Gasteiger partial charge is 0.348 e. The lowest BCUT2D eigenvalue weighted by atomic mass is 9.97. The van der Waals surface area contributed by atoms with E-state index in [0.717, 1.165) is 11.3 Å². The van der Waals surface area contributed by atoms with Gasteiger partial charge in [0.1, 0.15) is 0 Å². The first kappa shape index (κ1) is 18.6. The van der Waals surface area contributed by atoms with Crippen LogP contribution >= 0.6 is 11.8 Å². The molecule has 0 heterocycles. The summed E-state index contributed by atoms with van der Waals surface area (Å²) in [5, 5.41) is 3.10. The molecule has 0 aliphatic rings. The topological polar surface area (TPSA) is 29.1 Å². The summed E-state index contributed by atoms with van der Waals surface area (Å²) >= 11 is 1.60. The number of aryl methyl sites for hydroxylation is 3. The molecule has 128 valence electrons. The highest BCUT2D eigenvalue weighted by atomic mass is 32.2. The Balaban J connectivity index is 2.04. The van der Waals surface area contributed by atoms with Crippen LogP contribution in [0.5, 0.6) is 0 Å². The zero-order valence-corrected chi connectivity index (χ0v) is 16.0. The van der Waals surface area contributed by atoms with Crippen LogP contribution in [0.2, 0.25) is 0 Å². The van der Waals surface area contributed by atoms with Crippen LogP contribution in [0, 0.1) is 20.8 Å². The maximum atomic E-state index is 12.6. The second-order valence-corrected chi connectivity index (χ2v) is 7.82. The van der Waals surface area contributed by atoms with Crippen molar-refractivity contribution in [3.8, 4) is 0 Å². The molecule has 0 saturated heterocycles. The Labute approximate surface area is 150 Å². The third-order valence-corrected chi connectivity index (χ3v) is 5.34. The zero-order chi connectivity index (χ0) is 17.7. The average Bonchev–Trinajstić information content (AvgIpc) is 2.55. The Morgan fingerprint density at radius 3 is 2.25 bits per heavy atom. The Hall–Kier alpha value is -1.74. The van der Waals surface area contributed by atoms with Gasteiger partial charge in [0.05, 0.1) is 11.3 Å². The number of rotatable bonds is 6. The molecular weight excluding hydrogens is 314 g/mol. The molecule has 0 spiro atoms. The van der Waals surface area contributed by atoms with Crippen molar-refractivity contribution in [1.82, 2.24) is 5.32 Å². The van der Waals surface area contributed by atoms with E-state index in [0.29, 0.717) is 0 Å². The van der Waals surface area contributed by atoms with Crippen molar-refractivity contribution in [2.45, 2.75) is 57.2 Å². The first-order chi connectivity index (χ1) is 11.4. The lowest BCUT2D eigenvalue weighted by Gasteiger charge is -2.22. The van der Waals surface area contributed by atoms with Gasteiger partial charge in [0.2, 0.25) is 5.91 Å². The summed E-state index contributed by atoms with van der Waals surface area (Å²) in [5.41, 5.74) is 4.93. The van der Waals surface area contributed by atoms with E-state index in [1.807, 2.05) is 6.92 Å². The third-order valence-electron chi connectivity index (χ3n) is 4.23. The monoisotopic (exact) mass is 341 g/mol. The predicted molar refractivity (Wildman–Crippen MR) is 104 cm³/mol. The number of hydrogen-bond donors (Lipinski definition) is 1. The molecule has 2 aromatic rings. The highest BCUT2D eigenvalue weighted by molar-refractivity contribution is 8.00. The van der Waals surface area contributed by atoms with Crippen molar-refractivity contribution in [2.75, 3.05) is 0 Å². The summed E-state index contributed by atoms with van der Waals surface area (Å²) in [4.78, 5) is 13.7. The van der Waals surface area contributed by atoms with Crippen molar-refractivity contribution in [1.29, 1.82) is 0 Å². The molecule has 0 aliphatic heterocycles. The third kappa shape index (κ3) is 4.88. The molecule has 2 nitrogen and oxygen atoms in total. The van der Waals surface area contributed by atoms with E-state index in [4.69, 9.17) is 0 Å². The minimum absolute atomic E-state index is 0.0687. The Kier molecular flexibility index (Phi) is 6.50. The molecule has 0 unspecified atom stereocenters.